The third-order valence-corrected chi connectivity index (χ3v) is 6.32. The summed E-state index contributed by atoms with van der Waals surface area (Å²) in [5, 5.41) is 11.5. The Bertz CT molecular complexity index is 1120. The van der Waals surface area contributed by atoms with Crippen LogP contribution in [0, 0.1) is 10.1 Å². The summed E-state index contributed by atoms with van der Waals surface area (Å²) >= 11 is 1.50. The average molecular weight is 438 g/mol. The molecule has 160 valence electrons. The first-order valence-electron chi connectivity index (χ1n) is 10.3. The van der Waals surface area contributed by atoms with Gasteiger partial charge in [0.25, 0.3) is 11.6 Å². The van der Waals surface area contributed by atoms with Crippen LogP contribution < -0.4 is 4.90 Å². The van der Waals surface area contributed by atoms with Crippen LogP contribution >= 0.6 is 11.3 Å². The summed E-state index contributed by atoms with van der Waals surface area (Å²) in [6.07, 6.45) is 6.00. The van der Waals surface area contributed by atoms with Crippen LogP contribution in [0.15, 0.2) is 48.5 Å². The Hall–Kier alpha value is -3.10. The van der Waals surface area contributed by atoms with Gasteiger partial charge in [0.15, 0.2) is 5.13 Å². The monoisotopic (exact) mass is 437 g/mol. The van der Waals surface area contributed by atoms with Crippen molar-refractivity contribution in [1.82, 2.24) is 4.98 Å². The number of nitro groups is 1. The highest BCUT2D eigenvalue weighted by molar-refractivity contribution is 7.22. The summed E-state index contributed by atoms with van der Waals surface area (Å²) in [7, 11) is 0. The van der Waals surface area contributed by atoms with Crippen molar-refractivity contribution in [3.05, 3.63) is 69.8 Å². The zero-order valence-corrected chi connectivity index (χ0v) is 18.0. The number of non-ortho nitro benzene ring substituents is 1. The molecule has 2 heterocycles. The van der Waals surface area contributed by atoms with Gasteiger partial charge in [-0.25, -0.2) is 4.98 Å². The van der Waals surface area contributed by atoms with Gasteiger partial charge < -0.3 is 4.74 Å². The van der Waals surface area contributed by atoms with Crippen LogP contribution in [0.1, 0.15) is 30.9 Å². The Morgan fingerprint density at radius 1 is 1.32 bits per heavy atom. The predicted octanol–water partition coefficient (Wildman–Crippen LogP) is 4.99. The van der Waals surface area contributed by atoms with Gasteiger partial charge >= 0.3 is 0 Å². The summed E-state index contributed by atoms with van der Waals surface area (Å²) < 4.78 is 6.81. The second-order valence-electron chi connectivity index (χ2n) is 7.42. The Kier molecular flexibility index (Phi) is 6.39. The summed E-state index contributed by atoms with van der Waals surface area (Å²) in [4.78, 5) is 29.9. The number of benzene rings is 2. The van der Waals surface area contributed by atoms with E-state index in [9.17, 15) is 14.9 Å². The topological polar surface area (TPSA) is 85.6 Å². The molecule has 4 rings (SSSR count). The molecule has 0 saturated carbocycles. The highest BCUT2D eigenvalue weighted by atomic mass is 32.1. The summed E-state index contributed by atoms with van der Waals surface area (Å²) in [6.45, 7) is 3.27. The van der Waals surface area contributed by atoms with Gasteiger partial charge in [0.2, 0.25) is 0 Å². The van der Waals surface area contributed by atoms with Crippen LogP contribution in [0.3, 0.4) is 0 Å². The quantitative estimate of drug-likeness (QED) is 0.295. The van der Waals surface area contributed by atoms with Crippen molar-refractivity contribution in [2.75, 3.05) is 18.1 Å². The molecule has 8 heteroatoms. The number of rotatable bonds is 7. The maximum absolute atomic E-state index is 13.1. The fourth-order valence-corrected chi connectivity index (χ4v) is 4.56. The standard InChI is InChI=1S/C23H23N3O4S/c1-2-16-7-11-20-21(14-16)31-23(24-20)25(15-19-4-3-13-30-19)22(27)12-8-17-5-9-18(10-6-17)26(28)29/h5-12,14,19H,2-4,13,15H2,1H3/b12-8-. The normalized spacial score (nSPS) is 16.2. The number of amides is 1. The number of nitro benzene ring substituents is 1. The van der Waals surface area contributed by atoms with Gasteiger partial charge in [-0.15, -0.1) is 0 Å². The van der Waals surface area contributed by atoms with Crippen LogP contribution in [-0.4, -0.2) is 35.1 Å². The van der Waals surface area contributed by atoms with Crippen molar-refractivity contribution in [2.24, 2.45) is 0 Å². The van der Waals surface area contributed by atoms with Gasteiger partial charge in [-0.2, -0.15) is 0 Å². The first-order valence-corrected chi connectivity index (χ1v) is 11.1. The highest BCUT2D eigenvalue weighted by Gasteiger charge is 2.25. The van der Waals surface area contributed by atoms with Crippen molar-refractivity contribution in [3.8, 4) is 0 Å². The number of hydrogen-bond acceptors (Lipinski definition) is 6. The predicted molar refractivity (Wildman–Crippen MR) is 122 cm³/mol. The lowest BCUT2D eigenvalue weighted by Crippen LogP contribution is -2.36. The van der Waals surface area contributed by atoms with E-state index >= 15 is 0 Å². The Balaban J connectivity index is 1.59. The van der Waals surface area contributed by atoms with E-state index < -0.39 is 4.92 Å². The van der Waals surface area contributed by atoms with E-state index in [1.807, 2.05) is 6.07 Å². The lowest BCUT2D eigenvalue weighted by Gasteiger charge is -2.21. The number of anilines is 1. The number of ether oxygens (including phenoxy) is 1. The van der Waals surface area contributed by atoms with E-state index in [0.29, 0.717) is 23.8 Å². The van der Waals surface area contributed by atoms with Crippen LogP contribution in [-0.2, 0) is 16.0 Å². The number of aryl methyl sites for hydroxylation is 1. The van der Waals surface area contributed by atoms with E-state index in [1.54, 1.807) is 23.1 Å². The van der Waals surface area contributed by atoms with Crippen molar-refractivity contribution in [3.63, 3.8) is 0 Å². The fraction of sp³-hybridized carbons (Fsp3) is 0.304. The molecule has 0 radical (unpaired) electrons. The fourth-order valence-electron chi connectivity index (χ4n) is 3.51. The molecule has 1 unspecified atom stereocenters. The SMILES string of the molecule is CCc1ccc2nc(N(CC3CCCO3)C(=O)/C=C\c3ccc([N+](=O)[O-])cc3)sc2c1. The van der Waals surface area contributed by atoms with Crippen LogP contribution in [0.5, 0.6) is 0 Å². The van der Waals surface area contributed by atoms with E-state index in [2.05, 4.69) is 19.1 Å². The number of thiazole rings is 1. The second-order valence-corrected chi connectivity index (χ2v) is 8.43. The number of carbonyl (C=O) groups excluding carboxylic acids is 1. The Labute approximate surface area is 184 Å². The summed E-state index contributed by atoms with van der Waals surface area (Å²) in [6, 6.07) is 12.3. The first-order chi connectivity index (χ1) is 15.0. The molecular formula is C23H23N3O4S. The van der Waals surface area contributed by atoms with Gasteiger partial charge in [0, 0.05) is 24.8 Å². The van der Waals surface area contributed by atoms with E-state index in [0.717, 1.165) is 29.5 Å². The van der Waals surface area contributed by atoms with Gasteiger partial charge in [0.1, 0.15) is 0 Å². The van der Waals surface area contributed by atoms with Crippen LogP contribution in [0.25, 0.3) is 16.3 Å². The molecule has 0 aliphatic carbocycles. The zero-order chi connectivity index (χ0) is 21.8. The number of nitrogens with zero attached hydrogens (tertiary/aromatic N) is 3. The van der Waals surface area contributed by atoms with Gasteiger partial charge in [-0.05, 0) is 60.7 Å². The van der Waals surface area contributed by atoms with Crippen molar-refractivity contribution >= 4 is 44.4 Å². The molecule has 1 aliphatic rings. The Morgan fingerprint density at radius 3 is 2.81 bits per heavy atom. The minimum Gasteiger partial charge on any atom is -0.376 e. The maximum Gasteiger partial charge on any atom is 0.269 e. The lowest BCUT2D eigenvalue weighted by atomic mass is 10.2. The molecule has 1 saturated heterocycles. The number of carbonyl (C=O) groups is 1. The molecule has 3 aromatic rings. The third-order valence-electron chi connectivity index (χ3n) is 5.28. The maximum atomic E-state index is 13.1. The van der Waals surface area contributed by atoms with E-state index in [1.165, 1.54) is 35.1 Å². The van der Waals surface area contributed by atoms with Crippen molar-refractivity contribution < 1.29 is 14.5 Å². The second kappa shape index (κ2) is 9.36. The molecular weight excluding hydrogens is 414 g/mol. The highest BCUT2D eigenvalue weighted by Crippen LogP contribution is 2.31. The number of hydrogen-bond donors (Lipinski definition) is 0. The third kappa shape index (κ3) is 4.98. The molecule has 7 nitrogen and oxygen atoms in total. The number of aromatic nitrogens is 1. The summed E-state index contributed by atoms with van der Waals surface area (Å²) in [5.74, 6) is -0.191. The molecule has 1 atom stereocenters. The van der Waals surface area contributed by atoms with Crippen LogP contribution in [0.4, 0.5) is 10.8 Å². The number of fused-ring (bicyclic) bond motifs is 1. The lowest BCUT2D eigenvalue weighted by molar-refractivity contribution is -0.384. The van der Waals surface area contributed by atoms with Crippen molar-refractivity contribution in [1.29, 1.82) is 0 Å². The van der Waals surface area contributed by atoms with Gasteiger partial charge in [0.05, 0.1) is 27.8 Å². The average Bonchev–Trinajstić information content (AvgIpc) is 3.44. The molecule has 1 aromatic heterocycles. The summed E-state index contributed by atoms with van der Waals surface area (Å²) in [5.41, 5.74) is 2.84. The minimum atomic E-state index is -0.445. The van der Waals surface area contributed by atoms with Crippen molar-refractivity contribution in [2.45, 2.75) is 32.3 Å². The minimum absolute atomic E-state index is 0.00469. The van der Waals surface area contributed by atoms with Gasteiger partial charge in [-0.1, -0.05) is 24.3 Å². The smallest absolute Gasteiger partial charge is 0.269 e. The molecule has 2 aromatic carbocycles. The molecule has 0 N–H and O–H groups in total. The Morgan fingerprint density at radius 2 is 2.13 bits per heavy atom. The zero-order valence-electron chi connectivity index (χ0n) is 17.2. The van der Waals surface area contributed by atoms with E-state index in [4.69, 9.17) is 9.72 Å². The first kappa shape index (κ1) is 21.1. The molecule has 1 amide bonds. The van der Waals surface area contributed by atoms with Crippen LogP contribution in [0.2, 0.25) is 0 Å². The molecule has 0 spiro atoms. The molecule has 1 aliphatic heterocycles. The van der Waals surface area contributed by atoms with Gasteiger partial charge in [-0.3, -0.25) is 19.8 Å². The molecule has 1 fully saturated rings. The molecule has 0 bridgehead atoms. The van der Waals surface area contributed by atoms with E-state index in [-0.39, 0.29) is 17.7 Å². The largest absolute Gasteiger partial charge is 0.376 e. The molecule has 31 heavy (non-hydrogen) atoms.